The van der Waals surface area contributed by atoms with Crippen LogP contribution in [0, 0.1) is 0 Å². The number of halogens is 3. The Morgan fingerprint density at radius 2 is 1.59 bits per heavy atom. The average Bonchev–Trinajstić information content (AvgIpc) is 3.28. The molecule has 0 saturated heterocycles. The fourth-order valence-corrected chi connectivity index (χ4v) is 4.57. The minimum Gasteiger partial charge on any atom is -0.497 e. The molecule has 0 spiro atoms. The number of nitrogens with one attached hydrogen (secondary N) is 1. The van der Waals surface area contributed by atoms with Gasteiger partial charge in [0.1, 0.15) is 5.75 Å². The van der Waals surface area contributed by atoms with Gasteiger partial charge in [-0.3, -0.25) is 0 Å². The van der Waals surface area contributed by atoms with Crippen LogP contribution in [-0.4, -0.2) is 20.5 Å². The van der Waals surface area contributed by atoms with Gasteiger partial charge in [-0.25, -0.2) is 8.42 Å². The number of ether oxygens (including phenoxy) is 1. The standard InChI is InChI=1S/C24H19F3N2O4S/c1-32-17-13-11-16(12-14-17)15-28-22-23(34(30,31)18-7-3-2-4-8-18)29-21(33-22)19-9-5-6-10-20(19)24(25,26)27/h2-14,28H,15H2,1H3. The van der Waals surface area contributed by atoms with E-state index >= 15 is 0 Å². The number of oxazole rings is 1. The molecule has 0 aliphatic carbocycles. The van der Waals surface area contributed by atoms with Gasteiger partial charge in [0.2, 0.25) is 26.6 Å². The zero-order chi connectivity index (χ0) is 24.3. The van der Waals surface area contributed by atoms with Crippen molar-refractivity contribution in [2.45, 2.75) is 22.6 Å². The average molecular weight is 488 g/mol. The van der Waals surface area contributed by atoms with E-state index < -0.39 is 32.5 Å². The Kier molecular flexibility index (Phi) is 6.34. The van der Waals surface area contributed by atoms with Crippen LogP contribution in [0.2, 0.25) is 0 Å². The molecule has 0 amide bonds. The first-order valence-corrected chi connectivity index (χ1v) is 11.5. The number of hydrogen-bond donors (Lipinski definition) is 1. The van der Waals surface area contributed by atoms with Gasteiger partial charge in [0.05, 0.1) is 17.6 Å². The molecule has 0 aliphatic heterocycles. The van der Waals surface area contributed by atoms with Crippen molar-refractivity contribution in [3.05, 3.63) is 90.0 Å². The minimum absolute atomic E-state index is 0.0635. The maximum Gasteiger partial charge on any atom is 0.417 e. The van der Waals surface area contributed by atoms with E-state index in [1.165, 1.54) is 49.6 Å². The van der Waals surface area contributed by atoms with E-state index in [0.717, 1.165) is 11.6 Å². The van der Waals surface area contributed by atoms with Crippen LogP contribution in [-0.2, 0) is 22.6 Å². The van der Waals surface area contributed by atoms with Gasteiger partial charge in [-0.2, -0.15) is 18.2 Å². The Hall–Kier alpha value is -3.79. The number of benzene rings is 3. The maximum absolute atomic E-state index is 13.6. The highest BCUT2D eigenvalue weighted by atomic mass is 32.2. The summed E-state index contributed by atoms with van der Waals surface area (Å²) in [5.74, 6) is -0.0758. The molecule has 3 aromatic carbocycles. The molecule has 1 N–H and O–H groups in total. The van der Waals surface area contributed by atoms with Crippen LogP contribution in [0.15, 0.2) is 93.2 Å². The van der Waals surface area contributed by atoms with Crippen LogP contribution in [0.25, 0.3) is 11.5 Å². The van der Waals surface area contributed by atoms with Gasteiger partial charge in [-0.15, -0.1) is 0 Å². The van der Waals surface area contributed by atoms with Gasteiger partial charge in [0.15, 0.2) is 0 Å². The van der Waals surface area contributed by atoms with E-state index in [2.05, 4.69) is 10.3 Å². The monoisotopic (exact) mass is 488 g/mol. The van der Waals surface area contributed by atoms with Gasteiger partial charge in [-0.05, 0) is 42.0 Å². The number of hydrogen-bond acceptors (Lipinski definition) is 6. The van der Waals surface area contributed by atoms with E-state index in [1.54, 1.807) is 30.3 Å². The smallest absolute Gasteiger partial charge is 0.417 e. The lowest BCUT2D eigenvalue weighted by molar-refractivity contribution is -0.137. The van der Waals surface area contributed by atoms with Crippen LogP contribution in [0.1, 0.15) is 11.1 Å². The van der Waals surface area contributed by atoms with Crippen LogP contribution in [0.3, 0.4) is 0 Å². The lowest BCUT2D eigenvalue weighted by Gasteiger charge is -2.09. The molecule has 1 aromatic heterocycles. The summed E-state index contributed by atoms with van der Waals surface area (Å²) >= 11 is 0. The van der Waals surface area contributed by atoms with E-state index in [-0.39, 0.29) is 22.9 Å². The highest BCUT2D eigenvalue weighted by Crippen LogP contribution is 2.39. The number of sulfone groups is 1. The molecule has 10 heteroatoms. The third-order valence-electron chi connectivity index (χ3n) is 4.98. The molecule has 0 saturated carbocycles. The van der Waals surface area contributed by atoms with Gasteiger partial charge in [0.25, 0.3) is 0 Å². The third kappa shape index (κ3) is 4.76. The number of nitrogens with zero attached hydrogens (tertiary/aromatic N) is 1. The van der Waals surface area contributed by atoms with Crippen molar-refractivity contribution in [2.75, 3.05) is 12.4 Å². The Bertz CT molecular complexity index is 1380. The van der Waals surface area contributed by atoms with E-state index in [9.17, 15) is 21.6 Å². The second-order valence-corrected chi connectivity index (χ2v) is 9.08. The highest BCUT2D eigenvalue weighted by molar-refractivity contribution is 7.91. The van der Waals surface area contributed by atoms with Crippen molar-refractivity contribution < 1.29 is 30.7 Å². The summed E-state index contributed by atoms with van der Waals surface area (Å²) in [5.41, 5.74) is -0.587. The summed E-state index contributed by atoms with van der Waals surface area (Å²) < 4.78 is 77.9. The lowest BCUT2D eigenvalue weighted by atomic mass is 10.1. The summed E-state index contributed by atoms with van der Waals surface area (Å²) in [6.07, 6.45) is -4.68. The van der Waals surface area contributed by atoms with Crippen molar-refractivity contribution in [3.8, 4) is 17.2 Å². The number of alkyl halides is 3. The second-order valence-electron chi connectivity index (χ2n) is 7.21. The molecule has 0 aliphatic rings. The van der Waals surface area contributed by atoms with Crippen molar-refractivity contribution >= 4 is 15.7 Å². The predicted molar refractivity (Wildman–Crippen MR) is 119 cm³/mol. The molecular formula is C24H19F3N2O4S. The molecule has 0 fully saturated rings. The molecule has 6 nitrogen and oxygen atoms in total. The molecule has 0 atom stereocenters. The largest absolute Gasteiger partial charge is 0.497 e. The molecule has 0 unspecified atom stereocenters. The lowest BCUT2D eigenvalue weighted by Crippen LogP contribution is -2.08. The van der Waals surface area contributed by atoms with Crippen LogP contribution in [0.5, 0.6) is 5.75 Å². The van der Waals surface area contributed by atoms with Gasteiger partial charge in [-0.1, -0.05) is 42.5 Å². The molecule has 4 aromatic rings. The number of methoxy groups -OCH3 is 1. The Labute approximate surface area is 193 Å². The van der Waals surface area contributed by atoms with Crippen molar-refractivity contribution in [1.29, 1.82) is 0 Å². The van der Waals surface area contributed by atoms with Crippen LogP contribution >= 0.6 is 0 Å². The minimum atomic E-state index is -4.68. The highest BCUT2D eigenvalue weighted by Gasteiger charge is 2.36. The quantitative estimate of drug-likeness (QED) is 0.353. The Balaban J connectivity index is 1.79. The fraction of sp³-hybridized carbons (Fsp3) is 0.125. The molecule has 0 radical (unpaired) electrons. The SMILES string of the molecule is COc1ccc(CNc2oc(-c3ccccc3C(F)(F)F)nc2S(=O)(=O)c2ccccc2)cc1. The summed E-state index contributed by atoms with van der Waals surface area (Å²) in [6, 6.07) is 19.1. The number of anilines is 1. The van der Waals surface area contributed by atoms with Crippen LogP contribution in [0.4, 0.5) is 19.1 Å². The van der Waals surface area contributed by atoms with Crippen molar-refractivity contribution in [2.24, 2.45) is 0 Å². The third-order valence-corrected chi connectivity index (χ3v) is 6.66. The van der Waals surface area contributed by atoms with Crippen LogP contribution < -0.4 is 10.1 Å². The number of rotatable bonds is 7. The van der Waals surface area contributed by atoms with E-state index in [4.69, 9.17) is 9.15 Å². The van der Waals surface area contributed by atoms with Gasteiger partial charge < -0.3 is 14.5 Å². The summed E-state index contributed by atoms with van der Waals surface area (Å²) in [7, 11) is -2.66. The first-order valence-electron chi connectivity index (χ1n) is 10.0. The first-order chi connectivity index (χ1) is 16.2. The Morgan fingerprint density at radius 1 is 0.941 bits per heavy atom. The van der Waals surface area contributed by atoms with Gasteiger partial charge >= 0.3 is 6.18 Å². The summed E-state index contributed by atoms with van der Waals surface area (Å²) in [5, 5.41) is 2.36. The second kappa shape index (κ2) is 9.22. The van der Waals surface area contributed by atoms with Gasteiger partial charge in [0, 0.05) is 12.1 Å². The Morgan fingerprint density at radius 3 is 2.24 bits per heavy atom. The topological polar surface area (TPSA) is 81.4 Å². The number of aromatic nitrogens is 1. The van der Waals surface area contributed by atoms with Crippen molar-refractivity contribution in [3.63, 3.8) is 0 Å². The van der Waals surface area contributed by atoms with E-state index in [0.29, 0.717) is 5.75 Å². The summed E-state index contributed by atoms with van der Waals surface area (Å²) in [6.45, 7) is 0.136. The van der Waals surface area contributed by atoms with Crippen molar-refractivity contribution in [1.82, 2.24) is 4.98 Å². The fourth-order valence-electron chi connectivity index (χ4n) is 3.27. The normalized spacial score (nSPS) is 11.9. The first kappa shape index (κ1) is 23.4. The molecule has 176 valence electrons. The predicted octanol–water partition coefficient (Wildman–Crippen LogP) is 5.81. The molecule has 34 heavy (non-hydrogen) atoms. The molecular weight excluding hydrogens is 469 g/mol. The summed E-state index contributed by atoms with van der Waals surface area (Å²) in [4.78, 5) is 3.94. The molecule has 1 heterocycles. The molecule has 0 bridgehead atoms. The molecule has 4 rings (SSSR count). The zero-order valence-electron chi connectivity index (χ0n) is 17.8. The van der Waals surface area contributed by atoms with E-state index in [1.807, 2.05) is 0 Å². The zero-order valence-corrected chi connectivity index (χ0v) is 18.7. The maximum atomic E-state index is 13.6.